The summed E-state index contributed by atoms with van der Waals surface area (Å²) >= 11 is 0. The van der Waals surface area contributed by atoms with Gasteiger partial charge in [0.1, 0.15) is 0 Å². The number of hydrogen-bond donors (Lipinski definition) is 2. The molecule has 0 radical (unpaired) electrons. The summed E-state index contributed by atoms with van der Waals surface area (Å²) in [5.74, 6) is -3.65. The van der Waals surface area contributed by atoms with E-state index in [-0.39, 0.29) is 19.6 Å². The van der Waals surface area contributed by atoms with Crippen LogP contribution in [0.5, 0.6) is 0 Å². The molecule has 0 saturated carbocycles. The molecule has 0 aliphatic carbocycles. The minimum Gasteiger partial charge on any atom is -0.465 e. The van der Waals surface area contributed by atoms with Crippen LogP contribution in [-0.4, -0.2) is 35.9 Å². The van der Waals surface area contributed by atoms with E-state index in [4.69, 9.17) is 14.5 Å². The third-order valence-corrected chi connectivity index (χ3v) is 5.48. The maximum Gasteiger partial charge on any atom is 0.327 e. The van der Waals surface area contributed by atoms with Crippen molar-refractivity contribution >= 4 is 11.9 Å². The highest BCUT2D eigenvalue weighted by atomic mass is 17.2. The average Bonchev–Trinajstić information content (AvgIpc) is 3.00. The molecule has 2 aromatic carbocycles. The summed E-state index contributed by atoms with van der Waals surface area (Å²) in [6.45, 7) is 1.43. The van der Waals surface area contributed by atoms with Crippen LogP contribution in [0.1, 0.15) is 24.5 Å². The average molecular weight is 383 g/mol. The van der Waals surface area contributed by atoms with Crippen LogP contribution >= 0.6 is 0 Å². The van der Waals surface area contributed by atoms with Gasteiger partial charge in [-0.1, -0.05) is 60.7 Å². The van der Waals surface area contributed by atoms with Gasteiger partial charge in [-0.05, 0) is 18.1 Å². The Morgan fingerprint density at radius 1 is 1.07 bits per heavy atom. The molecule has 2 atom stereocenters. The predicted molar refractivity (Wildman–Crippen MR) is 97.5 cm³/mol. The number of β-amino-alcohol motifs (C(OH)–C–C–N with tert-alkyl or cyclic N) is 1. The highest BCUT2D eigenvalue weighted by Crippen LogP contribution is 2.55. The van der Waals surface area contributed by atoms with Crippen LogP contribution in [0.4, 0.5) is 0 Å². The molecule has 146 valence electrons. The predicted octanol–water partition coefficient (Wildman–Crippen LogP) is 1.65. The maximum absolute atomic E-state index is 13.0. The van der Waals surface area contributed by atoms with Crippen LogP contribution in [0.3, 0.4) is 0 Å². The first-order valence-electron chi connectivity index (χ1n) is 9.14. The Kier molecular flexibility index (Phi) is 4.45. The Morgan fingerprint density at radius 3 is 2.18 bits per heavy atom. The first-order valence-corrected chi connectivity index (χ1v) is 9.14. The first kappa shape index (κ1) is 18.6. The van der Waals surface area contributed by atoms with Crippen LogP contribution in [0.25, 0.3) is 0 Å². The summed E-state index contributed by atoms with van der Waals surface area (Å²) in [5, 5.41) is 13.6. The number of esters is 1. The fraction of sp³-hybridized carbons (Fsp3) is 0.333. The molecule has 2 aliphatic rings. The number of benzene rings is 2. The second-order valence-corrected chi connectivity index (χ2v) is 7.00. The highest BCUT2D eigenvalue weighted by molar-refractivity contribution is 6.06. The monoisotopic (exact) mass is 383 g/mol. The second kappa shape index (κ2) is 6.70. The third-order valence-electron chi connectivity index (χ3n) is 5.48. The van der Waals surface area contributed by atoms with Gasteiger partial charge in [-0.3, -0.25) is 9.59 Å². The number of amides is 1. The summed E-state index contributed by atoms with van der Waals surface area (Å²) in [5.41, 5.74) is -1.88. The van der Waals surface area contributed by atoms with Gasteiger partial charge >= 0.3 is 5.97 Å². The molecule has 0 spiro atoms. The fourth-order valence-corrected chi connectivity index (χ4v) is 4.00. The van der Waals surface area contributed by atoms with Crippen LogP contribution in [0.15, 0.2) is 60.7 Å². The number of aliphatic hydroxyl groups is 1. The molecular formula is C21H21NO6. The standard InChI is InChI=1S/C21H21NO6/c1-2-26-18(24)19-13-20(15-9-5-3-6-10-15,16-11-7-4-8-12-16)27-28-21(19,25)14-22-17(19)23/h3-12,25H,2,13-14H2,1H3,(H,22,23). The van der Waals surface area contributed by atoms with Crippen molar-refractivity contribution in [1.82, 2.24) is 5.32 Å². The van der Waals surface area contributed by atoms with Gasteiger partial charge in [0.25, 0.3) is 0 Å². The summed E-state index contributed by atoms with van der Waals surface area (Å²) in [6.07, 6.45) is -0.171. The zero-order valence-corrected chi connectivity index (χ0v) is 15.4. The SMILES string of the molecule is CCOC(=O)C12CC(c3ccccc3)(c3ccccc3)OOC1(O)CNC2=O. The van der Waals surface area contributed by atoms with Gasteiger partial charge in [-0.15, -0.1) is 0 Å². The van der Waals surface area contributed by atoms with E-state index in [0.29, 0.717) is 11.1 Å². The van der Waals surface area contributed by atoms with Gasteiger partial charge in [0.15, 0.2) is 5.60 Å². The van der Waals surface area contributed by atoms with Crippen molar-refractivity contribution in [1.29, 1.82) is 0 Å². The van der Waals surface area contributed by atoms with Crippen molar-refractivity contribution in [2.75, 3.05) is 13.2 Å². The van der Waals surface area contributed by atoms with Crippen LogP contribution in [0, 0.1) is 5.41 Å². The molecule has 28 heavy (non-hydrogen) atoms. The summed E-state index contributed by atoms with van der Waals surface area (Å²) in [7, 11) is 0. The third kappa shape index (κ3) is 2.47. The summed E-state index contributed by atoms with van der Waals surface area (Å²) in [4.78, 5) is 37.1. The van der Waals surface area contributed by atoms with Crippen molar-refractivity contribution in [3.63, 3.8) is 0 Å². The van der Waals surface area contributed by atoms with Gasteiger partial charge in [-0.25, -0.2) is 4.89 Å². The van der Waals surface area contributed by atoms with E-state index < -0.39 is 28.7 Å². The molecule has 2 aromatic rings. The molecular weight excluding hydrogens is 362 g/mol. The van der Waals surface area contributed by atoms with E-state index in [9.17, 15) is 14.7 Å². The molecule has 1 amide bonds. The van der Waals surface area contributed by atoms with Crippen molar-refractivity contribution in [2.24, 2.45) is 5.41 Å². The molecule has 2 saturated heterocycles. The lowest BCUT2D eigenvalue weighted by atomic mass is 9.67. The summed E-state index contributed by atoms with van der Waals surface area (Å²) < 4.78 is 5.19. The number of nitrogens with one attached hydrogen (secondary N) is 1. The van der Waals surface area contributed by atoms with Gasteiger partial charge < -0.3 is 15.2 Å². The normalized spacial score (nSPS) is 28.3. The number of carbonyl (C=O) groups excluding carboxylic acids is 2. The Labute approximate surface area is 162 Å². The quantitative estimate of drug-likeness (QED) is 0.474. The van der Waals surface area contributed by atoms with Crippen molar-refractivity contribution < 1.29 is 29.2 Å². The first-order chi connectivity index (χ1) is 13.5. The van der Waals surface area contributed by atoms with Gasteiger partial charge in [-0.2, -0.15) is 4.89 Å². The molecule has 2 unspecified atom stereocenters. The highest BCUT2D eigenvalue weighted by Gasteiger charge is 2.74. The van der Waals surface area contributed by atoms with E-state index in [2.05, 4.69) is 5.32 Å². The van der Waals surface area contributed by atoms with E-state index in [1.807, 2.05) is 60.7 Å². The second-order valence-electron chi connectivity index (χ2n) is 7.00. The fourth-order valence-electron chi connectivity index (χ4n) is 4.00. The summed E-state index contributed by atoms with van der Waals surface area (Å²) in [6, 6.07) is 18.3. The van der Waals surface area contributed by atoms with Crippen LogP contribution < -0.4 is 5.32 Å². The maximum atomic E-state index is 13.0. The number of fused-ring (bicyclic) bond motifs is 1. The lowest BCUT2D eigenvalue weighted by Gasteiger charge is -2.48. The Balaban J connectivity index is 1.92. The van der Waals surface area contributed by atoms with Gasteiger partial charge in [0.05, 0.1) is 13.2 Å². The number of ether oxygens (including phenoxy) is 1. The van der Waals surface area contributed by atoms with Crippen molar-refractivity contribution in [2.45, 2.75) is 24.7 Å². The van der Waals surface area contributed by atoms with Crippen LogP contribution in [0.2, 0.25) is 0 Å². The Bertz CT molecular complexity index is 847. The molecule has 7 heteroatoms. The Morgan fingerprint density at radius 2 is 1.64 bits per heavy atom. The van der Waals surface area contributed by atoms with Crippen molar-refractivity contribution in [3.05, 3.63) is 71.8 Å². The lowest BCUT2D eigenvalue weighted by Crippen LogP contribution is -2.64. The van der Waals surface area contributed by atoms with E-state index in [0.717, 1.165) is 0 Å². The lowest BCUT2D eigenvalue weighted by molar-refractivity contribution is -0.497. The molecule has 4 rings (SSSR count). The Hall–Kier alpha value is -2.74. The smallest absolute Gasteiger partial charge is 0.327 e. The molecule has 7 nitrogen and oxygen atoms in total. The van der Waals surface area contributed by atoms with Gasteiger partial charge in [0, 0.05) is 6.42 Å². The molecule has 2 fully saturated rings. The molecule has 0 bridgehead atoms. The van der Waals surface area contributed by atoms with E-state index in [1.165, 1.54) is 0 Å². The minimum absolute atomic E-state index is 0.0640. The zero-order chi connectivity index (χ0) is 19.8. The topological polar surface area (TPSA) is 94.1 Å². The molecule has 2 heterocycles. The largest absolute Gasteiger partial charge is 0.465 e. The molecule has 2 N–H and O–H groups in total. The number of carbonyl (C=O) groups is 2. The number of hydrogen-bond acceptors (Lipinski definition) is 6. The zero-order valence-electron chi connectivity index (χ0n) is 15.4. The molecule has 0 aromatic heterocycles. The van der Waals surface area contributed by atoms with E-state index >= 15 is 0 Å². The van der Waals surface area contributed by atoms with Crippen molar-refractivity contribution in [3.8, 4) is 0 Å². The minimum atomic E-state index is -2.16. The molecule has 2 aliphatic heterocycles. The van der Waals surface area contributed by atoms with E-state index in [1.54, 1.807) is 6.92 Å². The van der Waals surface area contributed by atoms with Crippen LogP contribution in [-0.2, 0) is 29.7 Å². The number of rotatable bonds is 4. The van der Waals surface area contributed by atoms with Gasteiger partial charge in [0.2, 0.25) is 17.1 Å².